The lowest BCUT2D eigenvalue weighted by Gasteiger charge is -2.17. The van der Waals surface area contributed by atoms with Gasteiger partial charge in [0.05, 0.1) is 5.56 Å². The molecule has 3 rings (SSSR count). The van der Waals surface area contributed by atoms with Crippen LogP contribution in [0.5, 0.6) is 0 Å². The highest BCUT2D eigenvalue weighted by atomic mass is 19.4. The topological polar surface area (TPSA) is 82.2 Å². The summed E-state index contributed by atoms with van der Waals surface area (Å²) in [5.74, 6) is 1.36. The zero-order valence-electron chi connectivity index (χ0n) is 16.0. The van der Waals surface area contributed by atoms with Crippen molar-refractivity contribution in [3.63, 3.8) is 0 Å². The molecule has 2 amide bonds. The summed E-state index contributed by atoms with van der Waals surface area (Å²) in [7, 11) is 0. The van der Waals surface area contributed by atoms with Gasteiger partial charge in [-0.05, 0) is 38.0 Å². The van der Waals surface area contributed by atoms with Crippen LogP contribution in [0.25, 0.3) is 0 Å². The van der Waals surface area contributed by atoms with Crippen LogP contribution in [-0.2, 0) is 6.18 Å². The lowest BCUT2D eigenvalue weighted by atomic mass is 10.2. The fourth-order valence-corrected chi connectivity index (χ4v) is 3.04. The maximum Gasteiger partial charge on any atom is 0.416 e. The smallest absolute Gasteiger partial charge is 0.356 e. The molecule has 2 heterocycles. The van der Waals surface area contributed by atoms with Crippen LogP contribution < -0.4 is 20.9 Å². The van der Waals surface area contributed by atoms with E-state index >= 15 is 0 Å². The minimum absolute atomic E-state index is 0.0718. The molecule has 0 aliphatic carbocycles. The second kappa shape index (κ2) is 8.97. The number of alkyl halides is 3. The van der Waals surface area contributed by atoms with Crippen molar-refractivity contribution in [2.24, 2.45) is 0 Å². The minimum Gasteiger partial charge on any atom is -0.356 e. The number of amides is 2. The molecule has 2 aromatic rings. The normalized spacial score (nSPS) is 14.0. The van der Waals surface area contributed by atoms with Gasteiger partial charge in [-0.3, -0.25) is 0 Å². The van der Waals surface area contributed by atoms with Gasteiger partial charge in [0, 0.05) is 43.6 Å². The number of urea groups is 1. The van der Waals surface area contributed by atoms with Crippen LogP contribution in [-0.4, -0.2) is 42.2 Å². The summed E-state index contributed by atoms with van der Waals surface area (Å²) in [6.45, 7) is 4.48. The van der Waals surface area contributed by atoms with Crippen molar-refractivity contribution in [3.05, 3.63) is 41.6 Å². The van der Waals surface area contributed by atoms with Gasteiger partial charge in [0.1, 0.15) is 5.82 Å². The third-order valence-electron chi connectivity index (χ3n) is 4.41. The van der Waals surface area contributed by atoms with Gasteiger partial charge in [-0.25, -0.2) is 9.78 Å². The van der Waals surface area contributed by atoms with Crippen molar-refractivity contribution in [2.75, 3.05) is 41.7 Å². The Labute approximate surface area is 166 Å². The van der Waals surface area contributed by atoms with E-state index < -0.39 is 17.8 Å². The molecule has 1 saturated heterocycles. The van der Waals surface area contributed by atoms with Crippen LogP contribution in [0.15, 0.2) is 30.3 Å². The summed E-state index contributed by atoms with van der Waals surface area (Å²) in [5.41, 5.74) is 0.101. The first-order chi connectivity index (χ1) is 13.8. The molecule has 0 radical (unpaired) electrons. The van der Waals surface area contributed by atoms with E-state index in [-0.39, 0.29) is 12.2 Å². The third-order valence-corrected chi connectivity index (χ3v) is 4.41. The van der Waals surface area contributed by atoms with Gasteiger partial charge in [-0.1, -0.05) is 6.07 Å². The first kappa shape index (κ1) is 20.7. The van der Waals surface area contributed by atoms with E-state index in [9.17, 15) is 18.0 Å². The Morgan fingerprint density at radius 2 is 1.90 bits per heavy atom. The number of anilines is 3. The molecule has 1 aliphatic heterocycles. The number of hydrogen-bond donors (Lipinski definition) is 3. The van der Waals surface area contributed by atoms with Crippen molar-refractivity contribution in [3.8, 4) is 0 Å². The molecule has 1 aromatic carbocycles. The number of carbonyl (C=O) groups excluding carboxylic acids is 1. The number of aromatic nitrogens is 2. The number of nitrogens with zero attached hydrogens (tertiary/aromatic N) is 3. The zero-order chi connectivity index (χ0) is 20.9. The average molecular weight is 408 g/mol. The number of halogens is 3. The molecule has 0 unspecified atom stereocenters. The lowest BCUT2D eigenvalue weighted by molar-refractivity contribution is -0.137. The van der Waals surface area contributed by atoms with Crippen LogP contribution >= 0.6 is 0 Å². The zero-order valence-corrected chi connectivity index (χ0v) is 16.0. The molecule has 156 valence electrons. The Bertz CT molecular complexity index is 852. The standard InChI is InChI=1S/C19H23F3N6O/c1-13-11-16(28-9-2-3-10-28)27-17(25-13)23-7-8-24-18(29)26-15-6-4-5-14(12-15)19(20,21)22/h4-6,11-12H,2-3,7-10H2,1H3,(H,23,25,27)(H2,24,26,29). The van der Waals surface area contributed by atoms with Crippen molar-refractivity contribution < 1.29 is 18.0 Å². The van der Waals surface area contributed by atoms with Crippen LogP contribution in [0.1, 0.15) is 24.1 Å². The van der Waals surface area contributed by atoms with Crippen LogP contribution in [0.2, 0.25) is 0 Å². The van der Waals surface area contributed by atoms with Gasteiger partial charge in [0.15, 0.2) is 0 Å². The molecule has 1 aliphatic rings. The van der Waals surface area contributed by atoms with Gasteiger partial charge in [0.25, 0.3) is 0 Å². The number of aryl methyl sites for hydroxylation is 1. The average Bonchev–Trinajstić information content (AvgIpc) is 3.19. The maximum atomic E-state index is 12.7. The SMILES string of the molecule is Cc1cc(N2CCCC2)nc(NCCNC(=O)Nc2cccc(C(F)(F)F)c2)n1. The predicted molar refractivity (Wildman–Crippen MR) is 105 cm³/mol. The Hall–Kier alpha value is -3.04. The molecule has 1 fully saturated rings. The predicted octanol–water partition coefficient (Wildman–Crippen LogP) is 3.64. The molecule has 0 spiro atoms. The first-order valence-electron chi connectivity index (χ1n) is 9.38. The summed E-state index contributed by atoms with van der Waals surface area (Å²) in [5, 5.41) is 8.03. The third kappa shape index (κ3) is 5.97. The maximum absolute atomic E-state index is 12.7. The summed E-state index contributed by atoms with van der Waals surface area (Å²) < 4.78 is 38.2. The number of rotatable bonds is 6. The number of carbonyl (C=O) groups is 1. The number of benzene rings is 1. The highest BCUT2D eigenvalue weighted by molar-refractivity contribution is 5.89. The highest BCUT2D eigenvalue weighted by Crippen LogP contribution is 2.30. The molecule has 0 saturated carbocycles. The van der Waals surface area contributed by atoms with Crippen LogP contribution in [0.4, 0.5) is 35.4 Å². The Morgan fingerprint density at radius 3 is 2.62 bits per heavy atom. The van der Waals surface area contributed by atoms with Crippen LogP contribution in [0, 0.1) is 6.92 Å². The molecule has 10 heteroatoms. The second-order valence-corrected chi connectivity index (χ2v) is 6.77. The van der Waals surface area contributed by atoms with E-state index in [1.54, 1.807) is 0 Å². The fraction of sp³-hybridized carbons (Fsp3) is 0.421. The fourth-order valence-electron chi connectivity index (χ4n) is 3.04. The van der Waals surface area contributed by atoms with E-state index in [0.29, 0.717) is 12.5 Å². The summed E-state index contributed by atoms with van der Waals surface area (Å²) in [6.07, 6.45) is -2.16. The summed E-state index contributed by atoms with van der Waals surface area (Å²) in [6, 6.07) is 5.83. The Kier molecular flexibility index (Phi) is 6.40. The molecule has 0 bridgehead atoms. The van der Waals surface area contributed by atoms with E-state index in [1.807, 2.05) is 13.0 Å². The largest absolute Gasteiger partial charge is 0.416 e. The Morgan fingerprint density at radius 1 is 1.14 bits per heavy atom. The molecular weight excluding hydrogens is 385 g/mol. The van der Waals surface area contributed by atoms with E-state index in [2.05, 4.69) is 30.8 Å². The summed E-state index contributed by atoms with van der Waals surface area (Å²) in [4.78, 5) is 22.9. The van der Waals surface area contributed by atoms with Gasteiger partial charge in [-0.2, -0.15) is 18.2 Å². The quantitative estimate of drug-likeness (QED) is 0.636. The molecule has 1 aromatic heterocycles. The monoisotopic (exact) mass is 408 g/mol. The van der Waals surface area contributed by atoms with Crippen molar-refractivity contribution in [1.82, 2.24) is 15.3 Å². The van der Waals surface area contributed by atoms with Gasteiger partial charge < -0.3 is 20.9 Å². The van der Waals surface area contributed by atoms with Crippen molar-refractivity contribution in [1.29, 1.82) is 0 Å². The van der Waals surface area contributed by atoms with Crippen molar-refractivity contribution in [2.45, 2.75) is 25.9 Å². The molecule has 0 atom stereocenters. The molecule has 3 N–H and O–H groups in total. The first-order valence-corrected chi connectivity index (χ1v) is 9.38. The Balaban J connectivity index is 1.46. The highest BCUT2D eigenvalue weighted by Gasteiger charge is 2.30. The lowest BCUT2D eigenvalue weighted by Crippen LogP contribution is -2.33. The van der Waals surface area contributed by atoms with Gasteiger partial charge in [-0.15, -0.1) is 0 Å². The van der Waals surface area contributed by atoms with Crippen molar-refractivity contribution >= 4 is 23.5 Å². The molecule has 29 heavy (non-hydrogen) atoms. The summed E-state index contributed by atoms with van der Waals surface area (Å²) >= 11 is 0. The molecular formula is C19H23F3N6O. The van der Waals surface area contributed by atoms with Crippen LogP contribution in [0.3, 0.4) is 0 Å². The van der Waals surface area contributed by atoms with Gasteiger partial charge >= 0.3 is 12.2 Å². The number of nitrogens with one attached hydrogen (secondary N) is 3. The number of hydrogen-bond acceptors (Lipinski definition) is 5. The van der Waals surface area contributed by atoms with E-state index in [1.165, 1.54) is 12.1 Å². The second-order valence-electron chi connectivity index (χ2n) is 6.77. The van der Waals surface area contributed by atoms with Gasteiger partial charge in [0.2, 0.25) is 5.95 Å². The van der Waals surface area contributed by atoms with E-state index in [0.717, 1.165) is 49.6 Å². The molecule has 7 nitrogen and oxygen atoms in total. The van der Waals surface area contributed by atoms with E-state index in [4.69, 9.17) is 0 Å². The minimum atomic E-state index is -4.46.